The average molecular weight is 453 g/mol. The van der Waals surface area contributed by atoms with Crippen molar-refractivity contribution >= 4 is 38.3 Å². The molecule has 0 bridgehead atoms. The number of fused-ring (bicyclic) bond motifs is 1. The average Bonchev–Trinajstić information content (AvgIpc) is 3.31. The van der Waals surface area contributed by atoms with Crippen molar-refractivity contribution in [1.29, 1.82) is 0 Å². The molecule has 10 heteroatoms. The van der Waals surface area contributed by atoms with Crippen molar-refractivity contribution in [2.75, 3.05) is 15.8 Å². The van der Waals surface area contributed by atoms with Crippen molar-refractivity contribution in [3.05, 3.63) is 59.5 Å². The molecular weight excluding hydrogens is 428 g/mol. The van der Waals surface area contributed by atoms with Gasteiger partial charge >= 0.3 is 0 Å². The van der Waals surface area contributed by atoms with E-state index in [1.54, 1.807) is 24.4 Å². The zero-order valence-corrected chi connectivity index (χ0v) is 18.8. The number of benzene rings is 1. The molecule has 0 aliphatic carbocycles. The van der Waals surface area contributed by atoms with Crippen LogP contribution < -0.4 is 10.0 Å². The Bertz CT molecular complexity index is 1400. The summed E-state index contributed by atoms with van der Waals surface area (Å²) in [5.74, 6) is -0.216. The van der Waals surface area contributed by atoms with Gasteiger partial charge in [-0.15, -0.1) is 0 Å². The highest BCUT2D eigenvalue weighted by Crippen LogP contribution is 2.27. The largest absolute Gasteiger partial charge is 0.339 e. The lowest BCUT2D eigenvalue weighted by Crippen LogP contribution is -2.15. The molecule has 0 saturated carbocycles. The minimum Gasteiger partial charge on any atom is -0.339 e. The Labute approximate surface area is 185 Å². The molecule has 1 aromatic carbocycles. The van der Waals surface area contributed by atoms with E-state index in [9.17, 15) is 13.2 Å². The number of aryl methyl sites for hydroxylation is 1. The second-order valence-corrected chi connectivity index (χ2v) is 9.45. The Balaban J connectivity index is 1.58. The Morgan fingerprint density at radius 2 is 1.94 bits per heavy atom. The molecule has 0 aliphatic heterocycles. The van der Waals surface area contributed by atoms with E-state index in [-0.39, 0.29) is 11.7 Å². The number of H-pyrrole nitrogens is 2. The van der Waals surface area contributed by atoms with Crippen LogP contribution in [-0.2, 0) is 10.0 Å². The van der Waals surface area contributed by atoms with E-state index < -0.39 is 10.0 Å². The van der Waals surface area contributed by atoms with E-state index in [1.165, 1.54) is 0 Å². The van der Waals surface area contributed by atoms with Crippen LogP contribution in [-0.4, -0.2) is 40.2 Å². The van der Waals surface area contributed by atoms with Gasteiger partial charge < -0.3 is 10.3 Å². The Morgan fingerprint density at radius 1 is 1.12 bits per heavy atom. The number of nitrogens with one attached hydrogen (secondary N) is 4. The van der Waals surface area contributed by atoms with Crippen LogP contribution in [0.4, 0.5) is 11.4 Å². The van der Waals surface area contributed by atoms with Crippen molar-refractivity contribution in [1.82, 2.24) is 20.2 Å². The van der Waals surface area contributed by atoms with Gasteiger partial charge in [-0.05, 0) is 44.5 Å². The molecular formula is C22H24N6O3S. The first kappa shape index (κ1) is 21.6. The number of aromatic nitrogens is 4. The second-order valence-electron chi connectivity index (χ2n) is 7.61. The molecule has 0 saturated heterocycles. The lowest BCUT2D eigenvalue weighted by atomic mass is 10.1. The summed E-state index contributed by atoms with van der Waals surface area (Å²) < 4.78 is 26.7. The number of amides is 1. The number of hydrogen-bond acceptors (Lipinski definition) is 5. The maximum atomic E-state index is 12.5. The third kappa shape index (κ3) is 4.50. The number of hydrogen-bond donors (Lipinski definition) is 4. The Kier molecular flexibility index (Phi) is 5.70. The van der Waals surface area contributed by atoms with E-state index in [4.69, 9.17) is 0 Å². The Morgan fingerprint density at radius 3 is 2.66 bits per heavy atom. The Hall–Kier alpha value is -3.66. The van der Waals surface area contributed by atoms with Gasteiger partial charge in [-0.2, -0.15) is 5.10 Å². The standard InChI is InChI=1S/C22H24N6O3S/c1-4-8-32(30,31)28-17-7-5-6-15(9-17)19-11-16-10-18(12-23-21(16)25-19)24-22(29)20-13(2)14(3)26-27-20/h5-7,9-12,28H,4,8H2,1-3H3,(H,23,25)(H,24,29)(H,26,27). The summed E-state index contributed by atoms with van der Waals surface area (Å²) in [6, 6.07) is 10.9. The number of pyridine rings is 1. The molecule has 9 nitrogen and oxygen atoms in total. The molecule has 166 valence electrons. The van der Waals surface area contributed by atoms with E-state index in [1.807, 2.05) is 39.0 Å². The van der Waals surface area contributed by atoms with Gasteiger partial charge in [0, 0.05) is 27.9 Å². The molecule has 0 unspecified atom stereocenters. The molecule has 0 radical (unpaired) electrons. The van der Waals surface area contributed by atoms with Crippen LogP contribution in [0.2, 0.25) is 0 Å². The molecule has 0 atom stereocenters. The van der Waals surface area contributed by atoms with Gasteiger partial charge in [0.1, 0.15) is 11.3 Å². The number of carbonyl (C=O) groups is 1. The predicted molar refractivity (Wildman–Crippen MR) is 125 cm³/mol. The molecule has 4 rings (SSSR count). The van der Waals surface area contributed by atoms with Gasteiger partial charge in [-0.3, -0.25) is 14.6 Å². The van der Waals surface area contributed by atoms with Gasteiger partial charge in [-0.25, -0.2) is 13.4 Å². The summed E-state index contributed by atoms with van der Waals surface area (Å²) in [6.45, 7) is 5.49. The van der Waals surface area contributed by atoms with E-state index in [0.717, 1.165) is 27.9 Å². The van der Waals surface area contributed by atoms with E-state index >= 15 is 0 Å². The molecule has 3 heterocycles. The van der Waals surface area contributed by atoms with Crippen LogP contribution in [0.5, 0.6) is 0 Å². The van der Waals surface area contributed by atoms with Crippen LogP contribution >= 0.6 is 0 Å². The minimum absolute atomic E-state index is 0.0691. The molecule has 4 N–H and O–H groups in total. The SMILES string of the molecule is CCCS(=O)(=O)Nc1cccc(-c2cc3cc(NC(=O)c4[nH]nc(C)c4C)cnc3[nH]2)c1. The number of nitrogens with zero attached hydrogens (tertiary/aromatic N) is 2. The number of sulfonamides is 1. The van der Waals surface area contributed by atoms with Gasteiger partial charge in [0.05, 0.1) is 23.3 Å². The smallest absolute Gasteiger partial charge is 0.273 e. The monoisotopic (exact) mass is 452 g/mol. The van der Waals surface area contributed by atoms with E-state index in [0.29, 0.717) is 29.1 Å². The molecule has 0 fully saturated rings. The third-order valence-corrected chi connectivity index (χ3v) is 6.62. The number of aromatic amines is 2. The molecule has 0 aliphatic rings. The first-order valence-electron chi connectivity index (χ1n) is 10.2. The predicted octanol–water partition coefficient (Wildman–Crippen LogP) is 3.97. The first-order valence-corrected chi connectivity index (χ1v) is 11.8. The highest BCUT2D eigenvalue weighted by molar-refractivity contribution is 7.92. The zero-order valence-electron chi connectivity index (χ0n) is 18.0. The van der Waals surface area contributed by atoms with Crippen LogP contribution in [0.25, 0.3) is 22.3 Å². The van der Waals surface area contributed by atoms with Crippen molar-refractivity contribution in [3.63, 3.8) is 0 Å². The number of carbonyl (C=O) groups excluding carboxylic acids is 1. The van der Waals surface area contributed by atoms with Gasteiger partial charge in [0.15, 0.2) is 0 Å². The molecule has 32 heavy (non-hydrogen) atoms. The number of anilines is 2. The van der Waals surface area contributed by atoms with Crippen LogP contribution in [0.1, 0.15) is 35.1 Å². The lowest BCUT2D eigenvalue weighted by molar-refractivity contribution is 0.102. The summed E-state index contributed by atoms with van der Waals surface area (Å²) in [7, 11) is -3.37. The van der Waals surface area contributed by atoms with Crippen molar-refractivity contribution < 1.29 is 13.2 Å². The summed E-state index contributed by atoms with van der Waals surface area (Å²) in [5, 5.41) is 10.5. The molecule has 0 spiro atoms. The summed E-state index contributed by atoms with van der Waals surface area (Å²) >= 11 is 0. The fraction of sp³-hybridized carbons (Fsp3) is 0.227. The highest BCUT2D eigenvalue weighted by atomic mass is 32.2. The quantitative estimate of drug-likeness (QED) is 0.337. The molecule has 3 aromatic heterocycles. The maximum absolute atomic E-state index is 12.5. The first-order chi connectivity index (χ1) is 15.3. The normalized spacial score (nSPS) is 11.6. The fourth-order valence-corrected chi connectivity index (χ4v) is 4.52. The molecule has 1 amide bonds. The van der Waals surface area contributed by atoms with Crippen molar-refractivity contribution in [2.45, 2.75) is 27.2 Å². The van der Waals surface area contributed by atoms with Crippen LogP contribution in [0.15, 0.2) is 42.6 Å². The minimum atomic E-state index is -3.37. The van der Waals surface area contributed by atoms with Crippen molar-refractivity contribution in [3.8, 4) is 11.3 Å². The van der Waals surface area contributed by atoms with Crippen LogP contribution in [0, 0.1) is 13.8 Å². The highest BCUT2D eigenvalue weighted by Gasteiger charge is 2.15. The zero-order chi connectivity index (χ0) is 22.9. The maximum Gasteiger partial charge on any atom is 0.273 e. The number of rotatable bonds is 7. The lowest BCUT2D eigenvalue weighted by Gasteiger charge is -2.08. The summed E-state index contributed by atoms with van der Waals surface area (Å²) in [6.07, 6.45) is 2.12. The van der Waals surface area contributed by atoms with E-state index in [2.05, 4.69) is 30.2 Å². The topological polar surface area (TPSA) is 133 Å². The van der Waals surface area contributed by atoms with Crippen LogP contribution in [0.3, 0.4) is 0 Å². The van der Waals surface area contributed by atoms with Gasteiger partial charge in [-0.1, -0.05) is 19.1 Å². The second kappa shape index (κ2) is 8.46. The van der Waals surface area contributed by atoms with Gasteiger partial charge in [0.25, 0.3) is 5.91 Å². The summed E-state index contributed by atoms with van der Waals surface area (Å²) in [5.41, 5.74) is 5.30. The fourth-order valence-electron chi connectivity index (χ4n) is 3.39. The van der Waals surface area contributed by atoms with Crippen molar-refractivity contribution in [2.24, 2.45) is 0 Å². The van der Waals surface area contributed by atoms with Gasteiger partial charge in [0.2, 0.25) is 10.0 Å². The third-order valence-electron chi connectivity index (χ3n) is 5.13. The summed E-state index contributed by atoms with van der Waals surface area (Å²) in [4.78, 5) is 20.2. The molecule has 4 aromatic rings.